The molecule has 156 valence electrons. The molecule has 5 N–H and O–H groups in total. The van der Waals surface area contributed by atoms with Gasteiger partial charge in [-0.3, -0.25) is 5.01 Å². The summed E-state index contributed by atoms with van der Waals surface area (Å²) in [6.07, 6.45) is 4.34. The standard InChI is InChI=1S/C24H29N5O/c1-16-24-21-6-5-19(18-7-10-25-11-8-18)14-22(21)23(9-12-29(24)28-27-16)26-20-4-2-3-17(13-20)15-30/h2-7,13-14,23,25-28,30H,8-12,15H2,1H3. The topological polar surface area (TPSA) is 71.6 Å². The average Bonchev–Trinajstić information content (AvgIpc) is 3.09. The predicted molar refractivity (Wildman–Crippen MR) is 121 cm³/mol. The number of hydrogen-bond acceptors (Lipinski definition) is 6. The molecular weight excluding hydrogens is 374 g/mol. The second-order valence-electron chi connectivity index (χ2n) is 8.19. The predicted octanol–water partition coefficient (Wildman–Crippen LogP) is 3.13. The number of aliphatic hydroxyl groups excluding tert-OH is 1. The Bertz CT molecular complexity index is 1010. The Kier molecular flexibility index (Phi) is 5.21. The van der Waals surface area contributed by atoms with E-state index < -0.39 is 0 Å². The van der Waals surface area contributed by atoms with Crippen LogP contribution < -0.4 is 21.6 Å². The van der Waals surface area contributed by atoms with E-state index in [4.69, 9.17) is 0 Å². The molecule has 3 aliphatic rings. The average molecular weight is 404 g/mol. The van der Waals surface area contributed by atoms with Crippen molar-refractivity contribution < 1.29 is 5.11 Å². The van der Waals surface area contributed by atoms with Gasteiger partial charge in [-0.2, -0.15) is 0 Å². The normalized spacial score (nSPS) is 20.8. The van der Waals surface area contributed by atoms with Crippen LogP contribution in [0.4, 0.5) is 5.69 Å². The molecule has 5 rings (SSSR count). The van der Waals surface area contributed by atoms with Gasteiger partial charge >= 0.3 is 0 Å². The molecule has 0 aliphatic carbocycles. The molecule has 6 heteroatoms. The molecule has 0 amide bonds. The van der Waals surface area contributed by atoms with E-state index in [0.717, 1.165) is 49.4 Å². The SMILES string of the molecule is CC1=C2c3ccc(C4=CCNCC4)cc3C(Nc3cccc(CO)c3)CCN2NN1. The number of nitrogens with zero attached hydrogens (tertiary/aromatic N) is 1. The summed E-state index contributed by atoms with van der Waals surface area (Å²) >= 11 is 0. The zero-order chi connectivity index (χ0) is 20.5. The lowest BCUT2D eigenvalue weighted by atomic mass is 9.91. The van der Waals surface area contributed by atoms with Gasteiger partial charge in [0.15, 0.2) is 0 Å². The summed E-state index contributed by atoms with van der Waals surface area (Å²) in [6.45, 7) is 5.04. The summed E-state index contributed by atoms with van der Waals surface area (Å²) < 4.78 is 0. The van der Waals surface area contributed by atoms with Crippen LogP contribution in [0, 0.1) is 0 Å². The van der Waals surface area contributed by atoms with Crippen molar-refractivity contribution in [2.24, 2.45) is 0 Å². The van der Waals surface area contributed by atoms with E-state index >= 15 is 0 Å². The molecular formula is C24H29N5O. The van der Waals surface area contributed by atoms with Crippen LogP contribution in [0.15, 0.2) is 54.2 Å². The van der Waals surface area contributed by atoms with E-state index in [-0.39, 0.29) is 12.6 Å². The molecule has 3 heterocycles. The molecule has 6 nitrogen and oxygen atoms in total. The zero-order valence-corrected chi connectivity index (χ0v) is 17.3. The summed E-state index contributed by atoms with van der Waals surface area (Å²) in [7, 11) is 0. The molecule has 0 radical (unpaired) electrons. The largest absolute Gasteiger partial charge is 0.392 e. The van der Waals surface area contributed by atoms with Crippen LogP contribution in [0.3, 0.4) is 0 Å². The van der Waals surface area contributed by atoms with E-state index in [9.17, 15) is 5.11 Å². The molecule has 0 bridgehead atoms. The van der Waals surface area contributed by atoms with Crippen molar-refractivity contribution in [1.82, 2.24) is 21.3 Å². The Balaban J connectivity index is 1.57. The van der Waals surface area contributed by atoms with E-state index in [1.54, 1.807) is 0 Å². The van der Waals surface area contributed by atoms with Crippen LogP contribution in [-0.4, -0.2) is 29.7 Å². The van der Waals surface area contributed by atoms with Crippen molar-refractivity contribution in [2.45, 2.75) is 32.4 Å². The molecule has 0 saturated carbocycles. The van der Waals surface area contributed by atoms with Crippen molar-refractivity contribution in [3.63, 3.8) is 0 Å². The molecule has 2 aromatic carbocycles. The number of allylic oxidation sites excluding steroid dienone is 1. The van der Waals surface area contributed by atoms with Crippen LogP contribution in [0.2, 0.25) is 0 Å². The van der Waals surface area contributed by atoms with Gasteiger partial charge in [0.2, 0.25) is 0 Å². The number of hydrazine groups is 2. The highest BCUT2D eigenvalue weighted by Gasteiger charge is 2.30. The zero-order valence-electron chi connectivity index (χ0n) is 17.3. The Hall–Kier alpha value is -2.80. The number of benzene rings is 2. The summed E-state index contributed by atoms with van der Waals surface area (Å²) in [5.41, 5.74) is 16.2. The Morgan fingerprint density at radius 1 is 1.20 bits per heavy atom. The smallest absolute Gasteiger partial charge is 0.0814 e. The van der Waals surface area contributed by atoms with E-state index in [1.165, 1.54) is 28.0 Å². The highest BCUT2D eigenvalue weighted by atomic mass is 16.3. The van der Waals surface area contributed by atoms with Gasteiger partial charge < -0.3 is 21.2 Å². The van der Waals surface area contributed by atoms with Crippen LogP contribution >= 0.6 is 0 Å². The van der Waals surface area contributed by atoms with Gasteiger partial charge in [0.1, 0.15) is 0 Å². The van der Waals surface area contributed by atoms with E-state index in [0.29, 0.717) is 0 Å². The van der Waals surface area contributed by atoms with Crippen LogP contribution in [-0.2, 0) is 6.61 Å². The fourth-order valence-corrected chi connectivity index (χ4v) is 4.66. The minimum absolute atomic E-state index is 0.0541. The molecule has 1 unspecified atom stereocenters. The van der Waals surface area contributed by atoms with Crippen LogP contribution in [0.1, 0.15) is 48.1 Å². The Morgan fingerprint density at radius 2 is 2.13 bits per heavy atom. The lowest BCUT2D eigenvalue weighted by Gasteiger charge is -2.23. The van der Waals surface area contributed by atoms with Crippen LogP contribution in [0.25, 0.3) is 11.3 Å². The summed E-state index contributed by atoms with van der Waals surface area (Å²) in [5.74, 6) is 0. The molecule has 0 saturated heterocycles. The minimum atomic E-state index is 0.0541. The third-order valence-corrected chi connectivity index (χ3v) is 6.21. The van der Waals surface area contributed by atoms with Gasteiger partial charge in [0.05, 0.1) is 24.0 Å². The fourth-order valence-electron chi connectivity index (χ4n) is 4.66. The third kappa shape index (κ3) is 3.58. The van der Waals surface area contributed by atoms with Gasteiger partial charge in [0.25, 0.3) is 0 Å². The molecule has 0 fully saturated rings. The van der Waals surface area contributed by atoms with Gasteiger partial charge in [-0.25, -0.2) is 0 Å². The monoisotopic (exact) mass is 403 g/mol. The number of nitrogens with one attached hydrogen (secondary N) is 4. The number of anilines is 1. The maximum absolute atomic E-state index is 9.52. The molecule has 1 atom stereocenters. The van der Waals surface area contributed by atoms with E-state index in [2.05, 4.69) is 63.9 Å². The van der Waals surface area contributed by atoms with Crippen molar-refractivity contribution in [3.8, 4) is 0 Å². The second-order valence-corrected chi connectivity index (χ2v) is 8.19. The maximum Gasteiger partial charge on any atom is 0.0814 e. The number of fused-ring (bicyclic) bond motifs is 3. The van der Waals surface area contributed by atoms with Gasteiger partial charge in [-0.05, 0) is 66.8 Å². The van der Waals surface area contributed by atoms with Gasteiger partial charge in [-0.1, -0.05) is 30.3 Å². The summed E-state index contributed by atoms with van der Waals surface area (Å²) in [5, 5.41) is 18.9. The quantitative estimate of drug-likeness (QED) is 0.540. The lowest BCUT2D eigenvalue weighted by Crippen LogP contribution is -2.37. The van der Waals surface area contributed by atoms with Crippen molar-refractivity contribution in [3.05, 3.63) is 76.5 Å². The van der Waals surface area contributed by atoms with Crippen molar-refractivity contribution in [1.29, 1.82) is 0 Å². The van der Waals surface area contributed by atoms with Crippen molar-refractivity contribution in [2.75, 3.05) is 25.0 Å². The highest BCUT2D eigenvalue weighted by Crippen LogP contribution is 2.38. The van der Waals surface area contributed by atoms with Gasteiger partial charge in [0, 0.05) is 24.3 Å². The molecule has 0 aromatic heterocycles. The number of rotatable bonds is 4. The summed E-state index contributed by atoms with van der Waals surface area (Å²) in [6, 6.07) is 15.2. The van der Waals surface area contributed by atoms with Gasteiger partial charge in [-0.15, -0.1) is 5.53 Å². The first-order valence-electron chi connectivity index (χ1n) is 10.7. The Labute approximate surface area is 177 Å². The number of aliphatic hydroxyl groups is 1. The van der Waals surface area contributed by atoms with Crippen molar-refractivity contribution >= 4 is 17.0 Å². The third-order valence-electron chi connectivity index (χ3n) is 6.21. The first kappa shape index (κ1) is 19.2. The summed E-state index contributed by atoms with van der Waals surface area (Å²) in [4.78, 5) is 0. The first-order chi connectivity index (χ1) is 14.7. The van der Waals surface area contributed by atoms with Crippen LogP contribution in [0.5, 0.6) is 0 Å². The lowest BCUT2D eigenvalue weighted by molar-refractivity contribution is 0.280. The second kappa shape index (κ2) is 8.14. The fraction of sp³-hybridized carbons (Fsp3) is 0.333. The first-order valence-corrected chi connectivity index (χ1v) is 10.7. The maximum atomic E-state index is 9.52. The molecule has 3 aliphatic heterocycles. The Morgan fingerprint density at radius 3 is 2.97 bits per heavy atom. The molecule has 30 heavy (non-hydrogen) atoms. The molecule has 0 spiro atoms. The number of hydrogen-bond donors (Lipinski definition) is 5. The highest BCUT2D eigenvalue weighted by molar-refractivity contribution is 5.76. The molecule has 2 aromatic rings. The van der Waals surface area contributed by atoms with E-state index in [1.807, 2.05) is 18.2 Å². The minimum Gasteiger partial charge on any atom is -0.392 e.